The van der Waals surface area contributed by atoms with Gasteiger partial charge in [0, 0.05) is 12.4 Å². The van der Waals surface area contributed by atoms with Crippen molar-refractivity contribution in [3.63, 3.8) is 0 Å². The summed E-state index contributed by atoms with van der Waals surface area (Å²) in [5.41, 5.74) is 2.39. The molecule has 0 saturated carbocycles. The summed E-state index contributed by atoms with van der Waals surface area (Å²) in [6.45, 7) is 4.04. The van der Waals surface area contributed by atoms with Crippen molar-refractivity contribution in [2.24, 2.45) is 7.05 Å². The zero-order valence-electron chi connectivity index (χ0n) is 19.5. The SMILES string of the molecule is Cc1nc(COc2ccc(/C=C(\C#N)C(=O)Nc3c(C)n(C)n(-c4ccccc4)c3=O)cc2)cs1. The number of benzene rings is 2. The lowest BCUT2D eigenvalue weighted by molar-refractivity contribution is -0.112. The maximum atomic E-state index is 13.0. The van der Waals surface area contributed by atoms with Crippen molar-refractivity contribution in [2.75, 3.05) is 5.32 Å². The quantitative estimate of drug-likeness (QED) is 0.309. The fourth-order valence-electron chi connectivity index (χ4n) is 3.50. The number of nitrogens with zero attached hydrogens (tertiary/aromatic N) is 4. The Morgan fingerprint density at radius 1 is 1.17 bits per heavy atom. The fraction of sp³-hybridized carbons (Fsp3) is 0.154. The van der Waals surface area contributed by atoms with E-state index in [0.29, 0.717) is 29.3 Å². The van der Waals surface area contributed by atoms with E-state index in [1.54, 1.807) is 66.4 Å². The van der Waals surface area contributed by atoms with Gasteiger partial charge in [0.1, 0.15) is 29.7 Å². The van der Waals surface area contributed by atoms with Crippen molar-refractivity contribution in [1.82, 2.24) is 14.3 Å². The van der Waals surface area contributed by atoms with Crippen molar-refractivity contribution >= 4 is 29.0 Å². The minimum Gasteiger partial charge on any atom is -0.487 e. The number of carbonyl (C=O) groups excluding carboxylic acids is 1. The number of hydrogen-bond donors (Lipinski definition) is 1. The largest absolute Gasteiger partial charge is 0.487 e. The Hall–Kier alpha value is -4.42. The third kappa shape index (κ3) is 5.23. The van der Waals surface area contributed by atoms with Gasteiger partial charge in [-0.3, -0.25) is 14.3 Å². The molecular weight excluding hydrogens is 462 g/mol. The summed E-state index contributed by atoms with van der Waals surface area (Å²) >= 11 is 1.57. The Labute approximate surface area is 206 Å². The van der Waals surface area contributed by atoms with Gasteiger partial charge in [-0.25, -0.2) is 9.67 Å². The lowest BCUT2D eigenvalue weighted by Crippen LogP contribution is -2.23. The monoisotopic (exact) mass is 485 g/mol. The highest BCUT2D eigenvalue weighted by Crippen LogP contribution is 2.19. The van der Waals surface area contributed by atoms with E-state index in [-0.39, 0.29) is 16.8 Å². The normalized spacial score (nSPS) is 11.2. The minimum atomic E-state index is -0.655. The van der Waals surface area contributed by atoms with Crippen LogP contribution in [0.5, 0.6) is 5.75 Å². The van der Waals surface area contributed by atoms with Gasteiger partial charge >= 0.3 is 0 Å². The van der Waals surface area contributed by atoms with Gasteiger partial charge in [-0.05, 0) is 49.8 Å². The molecular formula is C26H23N5O3S. The Bertz CT molecular complexity index is 1490. The number of hydrogen-bond acceptors (Lipinski definition) is 6. The molecule has 0 atom stereocenters. The van der Waals surface area contributed by atoms with Crippen LogP contribution < -0.4 is 15.6 Å². The van der Waals surface area contributed by atoms with E-state index in [9.17, 15) is 14.9 Å². The molecule has 0 fully saturated rings. The molecule has 0 aliphatic carbocycles. The summed E-state index contributed by atoms with van der Waals surface area (Å²) in [6.07, 6.45) is 1.47. The first-order chi connectivity index (χ1) is 16.9. The first kappa shape index (κ1) is 23.7. The predicted octanol–water partition coefficient (Wildman–Crippen LogP) is 4.37. The molecule has 0 aliphatic heterocycles. The molecule has 8 nitrogen and oxygen atoms in total. The van der Waals surface area contributed by atoms with Crippen LogP contribution in [-0.2, 0) is 18.4 Å². The number of anilines is 1. The number of rotatable bonds is 7. The summed E-state index contributed by atoms with van der Waals surface area (Å²) in [6, 6.07) is 18.1. The molecule has 2 heterocycles. The second-order valence-electron chi connectivity index (χ2n) is 7.78. The van der Waals surface area contributed by atoms with Gasteiger partial charge in [0.25, 0.3) is 11.5 Å². The van der Waals surface area contributed by atoms with Crippen molar-refractivity contribution < 1.29 is 9.53 Å². The molecule has 4 aromatic rings. The predicted molar refractivity (Wildman–Crippen MR) is 136 cm³/mol. The van der Waals surface area contributed by atoms with Gasteiger partial charge in [0.05, 0.1) is 22.1 Å². The Morgan fingerprint density at radius 2 is 1.89 bits per heavy atom. The maximum Gasteiger partial charge on any atom is 0.295 e. The van der Waals surface area contributed by atoms with Crippen molar-refractivity contribution in [2.45, 2.75) is 20.5 Å². The average molecular weight is 486 g/mol. The van der Waals surface area contributed by atoms with E-state index in [0.717, 1.165) is 10.7 Å². The van der Waals surface area contributed by atoms with Crippen molar-refractivity contribution in [3.05, 3.63) is 97.9 Å². The smallest absolute Gasteiger partial charge is 0.295 e. The second kappa shape index (κ2) is 10.2. The number of carbonyl (C=O) groups is 1. The number of thiazole rings is 1. The lowest BCUT2D eigenvalue weighted by Gasteiger charge is -2.07. The van der Waals surface area contributed by atoms with Crippen molar-refractivity contribution in [1.29, 1.82) is 5.26 Å². The Kier molecular flexibility index (Phi) is 6.94. The molecule has 2 aromatic heterocycles. The van der Waals surface area contributed by atoms with Gasteiger partial charge in [0.2, 0.25) is 0 Å². The van der Waals surface area contributed by atoms with E-state index >= 15 is 0 Å². The highest BCUT2D eigenvalue weighted by atomic mass is 32.1. The zero-order valence-corrected chi connectivity index (χ0v) is 20.3. The summed E-state index contributed by atoms with van der Waals surface area (Å²) in [7, 11) is 1.74. The van der Waals surface area contributed by atoms with Crippen LogP contribution in [0.4, 0.5) is 5.69 Å². The maximum absolute atomic E-state index is 13.0. The van der Waals surface area contributed by atoms with E-state index in [1.165, 1.54) is 10.8 Å². The Morgan fingerprint density at radius 3 is 2.51 bits per heavy atom. The highest BCUT2D eigenvalue weighted by molar-refractivity contribution is 7.09. The lowest BCUT2D eigenvalue weighted by atomic mass is 10.1. The summed E-state index contributed by atoms with van der Waals surface area (Å²) in [5.74, 6) is -0.00474. The number of ether oxygens (including phenoxy) is 1. The van der Waals surface area contributed by atoms with E-state index in [2.05, 4.69) is 10.3 Å². The van der Waals surface area contributed by atoms with Crippen LogP contribution in [0, 0.1) is 25.2 Å². The van der Waals surface area contributed by atoms with Crippen LogP contribution in [0.1, 0.15) is 22.0 Å². The van der Waals surface area contributed by atoms with Crippen LogP contribution in [0.3, 0.4) is 0 Å². The van der Waals surface area contributed by atoms with Gasteiger partial charge in [0.15, 0.2) is 0 Å². The van der Waals surface area contributed by atoms with Gasteiger partial charge < -0.3 is 10.1 Å². The highest BCUT2D eigenvalue weighted by Gasteiger charge is 2.20. The minimum absolute atomic E-state index is 0.120. The molecule has 0 spiro atoms. The number of nitriles is 1. The molecule has 0 saturated heterocycles. The molecule has 176 valence electrons. The first-order valence-corrected chi connectivity index (χ1v) is 11.7. The third-order valence-electron chi connectivity index (χ3n) is 5.40. The summed E-state index contributed by atoms with van der Waals surface area (Å²) < 4.78 is 8.86. The molecule has 0 radical (unpaired) electrons. The van der Waals surface area contributed by atoms with Gasteiger partial charge in [-0.1, -0.05) is 30.3 Å². The first-order valence-electron chi connectivity index (χ1n) is 10.8. The zero-order chi connectivity index (χ0) is 24.9. The number of aryl methyl sites for hydroxylation is 1. The molecule has 1 N–H and O–H groups in total. The fourth-order valence-corrected chi connectivity index (χ4v) is 4.10. The number of amides is 1. The van der Waals surface area contributed by atoms with E-state index in [4.69, 9.17) is 4.74 Å². The summed E-state index contributed by atoms with van der Waals surface area (Å²) in [5, 5.41) is 15.1. The molecule has 9 heteroatoms. The standard InChI is InChI=1S/C26H23N5O3S/c1-17-24(26(33)31(30(17)3)22-7-5-4-6-8-22)29-25(32)20(14-27)13-19-9-11-23(12-10-19)34-15-21-16-35-18(2)28-21/h4-13,16H,15H2,1-3H3,(H,29,32)/b20-13+. The van der Waals surface area contributed by atoms with Crippen molar-refractivity contribution in [3.8, 4) is 17.5 Å². The third-order valence-corrected chi connectivity index (χ3v) is 6.22. The number of para-hydroxylation sites is 1. The summed E-state index contributed by atoms with van der Waals surface area (Å²) in [4.78, 5) is 30.2. The van der Waals surface area contributed by atoms with Crippen LogP contribution in [0.25, 0.3) is 11.8 Å². The second-order valence-corrected chi connectivity index (χ2v) is 8.84. The van der Waals surface area contributed by atoms with Gasteiger partial charge in [-0.15, -0.1) is 11.3 Å². The number of nitrogens with one attached hydrogen (secondary N) is 1. The molecule has 35 heavy (non-hydrogen) atoms. The molecule has 0 unspecified atom stereocenters. The topological polar surface area (TPSA) is 102 Å². The van der Waals surface area contributed by atoms with Crippen LogP contribution in [-0.4, -0.2) is 20.3 Å². The molecule has 4 rings (SSSR count). The van der Waals surface area contributed by atoms with E-state index in [1.807, 2.05) is 36.6 Å². The van der Waals surface area contributed by atoms with Crippen LogP contribution in [0.15, 0.2) is 70.3 Å². The number of aromatic nitrogens is 3. The Balaban J connectivity index is 1.50. The molecule has 0 bridgehead atoms. The van der Waals surface area contributed by atoms with Crippen LogP contribution in [0.2, 0.25) is 0 Å². The van der Waals surface area contributed by atoms with E-state index < -0.39 is 5.91 Å². The van der Waals surface area contributed by atoms with Gasteiger partial charge in [-0.2, -0.15) is 5.26 Å². The molecule has 0 aliphatic rings. The van der Waals surface area contributed by atoms with Crippen LogP contribution >= 0.6 is 11.3 Å². The molecule has 1 amide bonds. The molecule has 2 aromatic carbocycles. The average Bonchev–Trinajstić information content (AvgIpc) is 3.38.